The van der Waals surface area contributed by atoms with E-state index in [0.717, 1.165) is 0 Å². The summed E-state index contributed by atoms with van der Waals surface area (Å²) < 4.78 is 37.0. The molecule has 7 nitrogen and oxygen atoms in total. The van der Waals surface area contributed by atoms with Crippen molar-refractivity contribution < 1.29 is 22.7 Å². The molecule has 0 radical (unpaired) electrons. The van der Waals surface area contributed by atoms with Gasteiger partial charge in [0.1, 0.15) is 5.75 Å². The molecule has 0 saturated carbocycles. The van der Waals surface area contributed by atoms with Crippen LogP contribution in [0.1, 0.15) is 13.8 Å². The average Bonchev–Trinajstić information content (AvgIpc) is 2.57. The van der Waals surface area contributed by atoms with E-state index in [2.05, 4.69) is 0 Å². The molecular formula is C15H21ClN2O5S. The van der Waals surface area contributed by atoms with Crippen molar-refractivity contribution in [3.63, 3.8) is 0 Å². The molecule has 1 amide bonds. The standard InChI is InChI=1S/C15H21ClN2O5S/c1-3-22-14-6-5-12(11-13(14)16)24(20,21)18-9-7-17(8-10-18)15(19)23-4-2/h5-6,11H,3-4,7-10H2,1-2H3. The number of hydrogen-bond acceptors (Lipinski definition) is 5. The van der Waals surface area contributed by atoms with Crippen molar-refractivity contribution in [3.8, 4) is 5.75 Å². The van der Waals surface area contributed by atoms with Gasteiger partial charge in [0.05, 0.1) is 23.1 Å². The monoisotopic (exact) mass is 376 g/mol. The van der Waals surface area contributed by atoms with Crippen LogP contribution in [0, 0.1) is 0 Å². The smallest absolute Gasteiger partial charge is 0.409 e. The van der Waals surface area contributed by atoms with Gasteiger partial charge in [0.15, 0.2) is 0 Å². The van der Waals surface area contributed by atoms with Crippen molar-refractivity contribution in [2.45, 2.75) is 18.7 Å². The predicted molar refractivity (Wildman–Crippen MR) is 90.0 cm³/mol. The van der Waals surface area contributed by atoms with Crippen LogP contribution in [0.25, 0.3) is 0 Å². The van der Waals surface area contributed by atoms with Gasteiger partial charge in [0.2, 0.25) is 10.0 Å². The van der Waals surface area contributed by atoms with E-state index in [-0.39, 0.29) is 23.0 Å². The van der Waals surface area contributed by atoms with Gasteiger partial charge in [0, 0.05) is 26.2 Å². The maximum Gasteiger partial charge on any atom is 0.409 e. The van der Waals surface area contributed by atoms with Gasteiger partial charge in [-0.3, -0.25) is 0 Å². The minimum atomic E-state index is -3.66. The number of piperazine rings is 1. The number of rotatable bonds is 5. The molecule has 0 N–H and O–H groups in total. The fraction of sp³-hybridized carbons (Fsp3) is 0.533. The summed E-state index contributed by atoms with van der Waals surface area (Å²) in [6, 6.07) is 4.41. The highest BCUT2D eigenvalue weighted by Gasteiger charge is 2.31. The quantitative estimate of drug-likeness (QED) is 0.787. The number of carbonyl (C=O) groups excluding carboxylic acids is 1. The molecule has 0 bridgehead atoms. The van der Waals surface area contributed by atoms with Crippen LogP contribution in [-0.2, 0) is 14.8 Å². The summed E-state index contributed by atoms with van der Waals surface area (Å²) in [7, 11) is -3.66. The minimum Gasteiger partial charge on any atom is -0.492 e. The first-order chi connectivity index (χ1) is 11.4. The molecule has 1 saturated heterocycles. The summed E-state index contributed by atoms with van der Waals surface area (Å²) in [6.07, 6.45) is -0.418. The summed E-state index contributed by atoms with van der Waals surface area (Å²) in [5.74, 6) is 0.449. The second-order valence-corrected chi connectivity index (χ2v) is 7.46. The lowest BCUT2D eigenvalue weighted by atomic mass is 10.3. The van der Waals surface area contributed by atoms with Crippen molar-refractivity contribution in [1.29, 1.82) is 0 Å². The Morgan fingerprint density at radius 3 is 2.38 bits per heavy atom. The molecule has 9 heteroatoms. The molecule has 1 aliphatic heterocycles. The van der Waals surface area contributed by atoms with Crippen LogP contribution in [0.3, 0.4) is 0 Å². The van der Waals surface area contributed by atoms with Gasteiger partial charge < -0.3 is 14.4 Å². The van der Waals surface area contributed by atoms with Gasteiger partial charge in [-0.25, -0.2) is 13.2 Å². The zero-order valence-electron chi connectivity index (χ0n) is 13.7. The Hall–Kier alpha value is -1.51. The van der Waals surface area contributed by atoms with Crippen LogP contribution >= 0.6 is 11.6 Å². The Kier molecular flexibility index (Phi) is 6.31. The first kappa shape index (κ1) is 18.8. The summed E-state index contributed by atoms with van der Waals surface area (Å²) in [5, 5.41) is 0.253. The number of amides is 1. The van der Waals surface area contributed by atoms with Crippen LogP contribution in [0.15, 0.2) is 23.1 Å². The first-order valence-corrected chi connectivity index (χ1v) is 9.56. The number of halogens is 1. The topological polar surface area (TPSA) is 76.2 Å². The van der Waals surface area contributed by atoms with Gasteiger partial charge in [0.25, 0.3) is 0 Å². The van der Waals surface area contributed by atoms with E-state index in [1.165, 1.54) is 21.3 Å². The molecule has 134 valence electrons. The normalized spacial score (nSPS) is 16.0. The number of sulfonamides is 1. The third-order valence-electron chi connectivity index (χ3n) is 3.61. The number of ether oxygens (including phenoxy) is 2. The highest BCUT2D eigenvalue weighted by Crippen LogP contribution is 2.29. The molecule has 2 rings (SSSR count). The molecule has 1 heterocycles. The van der Waals surface area contributed by atoms with E-state index in [0.29, 0.717) is 32.1 Å². The lowest BCUT2D eigenvalue weighted by molar-refractivity contribution is 0.0934. The fourth-order valence-corrected chi connectivity index (χ4v) is 4.14. The maximum absolute atomic E-state index is 12.7. The molecule has 0 aliphatic carbocycles. The highest BCUT2D eigenvalue weighted by atomic mass is 35.5. The van der Waals surface area contributed by atoms with E-state index < -0.39 is 16.1 Å². The number of carbonyl (C=O) groups is 1. The zero-order chi connectivity index (χ0) is 17.7. The molecule has 1 fully saturated rings. The number of benzene rings is 1. The van der Waals surface area contributed by atoms with E-state index in [1.807, 2.05) is 6.92 Å². The molecule has 1 aliphatic rings. The minimum absolute atomic E-state index is 0.112. The van der Waals surface area contributed by atoms with Gasteiger partial charge in [-0.1, -0.05) is 11.6 Å². The van der Waals surface area contributed by atoms with Gasteiger partial charge in [-0.2, -0.15) is 4.31 Å². The SMILES string of the molecule is CCOC(=O)N1CCN(S(=O)(=O)c2ccc(OCC)c(Cl)c2)CC1. The summed E-state index contributed by atoms with van der Waals surface area (Å²) in [6.45, 7) is 5.31. The van der Waals surface area contributed by atoms with Gasteiger partial charge in [-0.05, 0) is 32.0 Å². The van der Waals surface area contributed by atoms with Crippen molar-refractivity contribution in [2.75, 3.05) is 39.4 Å². The highest BCUT2D eigenvalue weighted by molar-refractivity contribution is 7.89. The van der Waals surface area contributed by atoms with E-state index in [1.54, 1.807) is 13.0 Å². The summed E-state index contributed by atoms with van der Waals surface area (Å²) in [5.41, 5.74) is 0. The van der Waals surface area contributed by atoms with E-state index in [9.17, 15) is 13.2 Å². The molecule has 0 unspecified atom stereocenters. The predicted octanol–water partition coefficient (Wildman–Crippen LogP) is 2.20. The molecule has 0 aromatic heterocycles. The van der Waals surface area contributed by atoms with Crippen molar-refractivity contribution in [3.05, 3.63) is 23.2 Å². The van der Waals surface area contributed by atoms with E-state index in [4.69, 9.17) is 21.1 Å². The number of nitrogens with zero attached hydrogens (tertiary/aromatic N) is 2. The average molecular weight is 377 g/mol. The maximum atomic E-state index is 12.7. The third kappa shape index (κ3) is 4.12. The second-order valence-electron chi connectivity index (χ2n) is 5.12. The van der Waals surface area contributed by atoms with Crippen LogP contribution < -0.4 is 4.74 Å². The van der Waals surface area contributed by atoms with Gasteiger partial charge in [-0.15, -0.1) is 0 Å². The van der Waals surface area contributed by atoms with Crippen LogP contribution in [0.4, 0.5) is 4.79 Å². The van der Waals surface area contributed by atoms with Crippen LogP contribution in [0.2, 0.25) is 5.02 Å². The Morgan fingerprint density at radius 2 is 1.83 bits per heavy atom. The Bertz CT molecular complexity index is 687. The van der Waals surface area contributed by atoms with Crippen molar-refractivity contribution in [1.82, 2.24) is 9.21 Å². The first-order valence-electron chi connectivity index (χ1n) is 7.74. The lowest BCUT2D eigenvalue weighted by Gasteiger charge is -2.33. The molecular weight excluding hydrogens is 356 g/mol. The Labute approximate surface area is 147 Å². The second kappa shape index (κ2) is 8.04. The van der Waals surface area contributed by atoms with Crippen LogP contribution in [-0.4, -0.2) is 63.1 Å². The van der Waals surface area contributed by atoms with E-state index >= 15 is 0 Å². The largest absolute Gasteiger partial charge is 0.492 e. The molecule has 0 spiro atoms. The molecule has 1 aromatic rings. The zero-order valence-corrected chi connectivity index (χ0v) is 15.3. The Morgan fingerprint density at radius 1 is 1.17 bits per heavy atom. The number of hydrogen-bond donors (Lipinski definition) is 0. The molecule has 0 atom stereocenters. The van der Waals surface area contributed by atoms with Crippen molar-refractivity contribution >= 4 is 27.7 Å². The Balaban J connectivity index is 2.09. The molecule has 1 aromatic carbocycles. The lowest BCUT2D eigenvalue weighted by Crippen LogP contribution is -2.50. The molecule has 24 heavy (non-hydrogen) atoms. The third-order valence-corrected chi connectivity index (χ3v) is 5.80. The van der Waals surface area contributed by atoms with Crippen LogP contribution in [0.5, 0.6) is 5.75 Å². The summed E-state index contributed by atoms with van der Waals surface area (Å²) >= 11 is 6.08. The van der Waals surface area contributed by atoms with Gasteiger partial charge >= 0.3 is 6.09 Å². The summed E-state index contributed by atoms with van der Waals surface area (Å²) in [4.78, 5) is 13.3. The fourth-order valence-electron chi connectivity index (χ4n) is 2.39. The van der Waals surface area contributed by atoms with Crippen molar-refractivity contribution in [2.24, 2.45) is 0 Å².